The fourth-order valence-electron chi connectivity index (χ4n) is 2.45. The summed E-state index contributed by atoms with van der Waals surface area (Å²) in [7, 11) is 0. The van der Waals surface area contributed by atoms with Crippen LogP contribution in [0, 0.1) is 5.92 Å². The lowest BCUT2D eigenvalue weighted by atomic mass is 9.84. The Labute approximate surface area is 93.4 Å². The van der Waals surface area contributed by atoms with Gasteiger partial charge in [0.1, 0.15) is 6.10 Å². The van der Waals surface area contributed by atoms with E-state index >= 15 is 0 Å². The molecule has 0 heterocycles. The van der Waals surface area contributed by atoms with Crippen molar-refractivity contribution in [2.45, 2.75) is 71.3 Å². The third-order valence-electron chi connectivity index (χ3n) is 3.31. The van der Waals surface area contributed by atoms with Crippen molar-refractivity contribution in [1.82, 2.24) is 0 Å². The molecule has 15 heavy (non-hydrogen) atoms. The molecule has 0 bridgehead atoms. The molecule has 0 saturated heterocycles. The fourth-order valence-corrected chi connectivity index (χ4v) is 2.45. The number of carbonyl (C=O) groups is 1. The maximum absolute atomic E-state index is 11.4. The second-order valence-corrected chi connectivity index (χ2v) is 4.58. The predicted molar refractivity (Wildman–Crippen MR) is 61.7 cm³/mol. The van der Waals surface area contributed by atoms with E-state index in [2.05, 4.69) is 6.92 Å². The van der Waals surface area contributed by atoms with Gasteiger partial charge in [-0.05, 0) is 31.6 Å². The van der Waals surface area contributed by atoms with Crippen LogP contribution in [0.5, 0.6) is 0 Å². The standard InChI is InChI=1S/C13H24O2/c1-3-8-13(14)15-12(4-2)11-9-6-5-7-10-11/h11-12H,3-10H2,1-2H3/t12-/m1/s1. The molecule has 1 fully saturated rings. The first-order chi connectivity index (χ1) is 7.27. The normalized spacial score (nSPS) is 19.9. The zero-order valence-corrected chi connectivity index (χ0v) is 10.1. The molecule has 0 spiro atoms. The molecular weight excluding hydrogens is 188 g/mol. The van der Waals surface area contributed by atoms with Gasteiger partial charge in [0, 0.05) is 6.42 Å². The maximum atomic E-state index is 11.4. The van der Waals surface area contributed by atoms with Crippen molar-refractivity contribution >= 4 is 5.97 Å². The maximum Gasteiger partial charge on any atom is 0.306 e. The van der Waals surface area contributed by atoms with Crippen molar-refractivity contribution < 1.29 is 9.53 Å². The smallest absolute Gasteiger partial charge is 0.306 e. The number of hydrogen-bond donors (Lipinski definition) is 0. The number of hydrogen-bond acceptors (Lipinski definition) is 2. The van der Waals surface area contributed by atoms with Gasteiger partial charge < -0.3 is 4.74 Å². The molecule has 0 aromatic carbocycles. The van der Waals surface area contributed by atoms with Gasteiger partial charge in [-0.3, -0.25) is 4.79 Å². The van der Waals surface area contributed by atoms with Crippen molar-refractivity contribution in [3.05, 3.63) is 0 Å². The summed E-state index contributed by atoms with van der Waals surface area (Å²) in [5.74, 6) is 0.625. The molecule has 0 aromatic rings. The molecule has 0 unspecified atom stereocenters. The zero-order valence-electron chi connectivity index (χ0n) is 10.1. The summed E-state index contributed by atoms with van der Waals surface area (Å²) in [6.07, 6.45) is 9.10. The fraction of sp³-hybridized carbons (Fsp3) is 0.923. The summed E-state index contributed by atoms with van der Waals surface area (Å²) in [6, 6.07) is 0. The third kappa shape index (κ3) is 4.23. The van der Waals surface area contributed by atoms with Gasteiger partial charge in [-0.25, -0.2) is 0 Å². The first-order valence-electron chi connectivity index (χ1n) is 6.47. The van der Waals surface area contributed by atoms with Gasteiger partial charge in [0.05, 0.1) is 0 Å². The lowest BCUT2D eigenvalue weighted by Gasteiger charge is -2.29. The molecule has 0 aliphatic heterocycles. The highest BCUT2D eigenvalue weighted by Crippen LogP contribution is 2.29. The van der Waals surface area contributed by atoms with Crippen LogP contribution < -0.4 is 0 Å². The summed E-state index contributed by atoms with van der Waals surface area (Å²) in [5.41, 5.74) is 0. The lowest BCUT2D eigenvalue weighted by molar-refractivity contribution is -0.152. The van der Waals surface area contributed by atoms with Gasteiger partial charge in [-0.1, -0.05) is 33.1 Å². The van der Waals surface area contributed by atoms with E-state index in [0.717, 1.165) is 12.8 Å². The van der Waals surface area contributed by atoms with Crippen LogP contribution in [0.4, 0.5) is 0 Å². The molecule has 1 atom stereocenters. The van der Waals surface area contributed by atoms with Crippen LogP contribution >= 0.6 is 0 Å². The van der Waals surface area contributed by atoms with Crippen LogP contribution in [0.1, 0.15) is 65.2 Å². The summed E-state index contributed by atoms with van der Waals surface area (Å²) in [6.45, 7) is 4.14. The van der Waals surface area contributed by atoms with Crippen LogP contribution in [-0.2, 0) is 9.53 Å². The second kappa shape index (κ2) is 6.86. The van der Waals surface area contributed by atoms with Gasteiger partial charge in [0.15, 0.2) is 0 Å². The molecule has 1 rings (SSSR count). The molecule has 1 saturated carbocycles. The van der Waals surface area contributed by atoms with E-state index in [9.17, 15) is 4.79 Å². The molecular formula is C13H24O2. The van der Waals surface area contributed by atoms with Crippen molar-refractivity contribution in [3.63, 3.8) is 0 Å². The minimum absolute atomic E-state index is 0.00470. The molecule has 0 aromatic heterocycles. The van der Waals surface area contributed by atoms with Gasteiger partial charge in [0.25, 0.3) is 0 Å². The third-order valence-corrected chi connectivity index (χ3v) is 3.31. The summed E-state index contributed by atoms with van der Waals surface area (Å²) in [5, 5.41) is 0. The minimum Gasteiger partial charge on any atom is -0.462 e. The Morgan fingerprint density at radius 1 is 1.27 bits per heavy atom. The largest absolute Gasteiger partial charge is 0.462 e. The van der Waals surface area contributed by atoms with E-state index in [1.807, 2.05) is 6.92 Å². The van der Waals surface area contributed by atoms with Crippen molar-refractivity contribution in [3.8, 4) is 0 Å². The highest BCUT2D eigenvalue weighted by molar-refractivity contribution is 5.69. The number of ether oxygens (including phenoxy) is 1. The topological polar surface area (TPSA) is 26.3 Å². The first-order valence-corrected chi connectivity index (χ1v) is 6.47. The molecule has 1 aliphatic rings. The Morgan fingerprint density at radius 3 is 2.47 bits per heavy atom. The van der Waals surface area contributed by atoms with Gasteiger partial charge in [0.2, 0.25) is 0 Å². The average molecular weight is 212 g/mol. The average Bonchev–Trinajstić information content (AvgIpc) is 2.27. The Balaban J connectivity index is 2.36. The van der Waals surface area contributed by atoms with Crippen molar-refractivity contribution in [2.75, 3.05) is 0 Å². The van der Waals surface area contributed by atoms with E-state index in [0.29, 0.717) is 12.3 Å². The van der Waals surface area contributed by atoms with Crippen LogP contribution in [-0.4, -0.2) is 12.1 Å². The monoisotopic (exact) mass is 212 g/mol. The molecule has 1 aliphatic carbocycles. The van der Waals surface area contributed by atoms with Crippen LogP contribution in [0.3, 0.4) is 0 Å². The molecule has 0 amide bonds. The number of esters is 1. The van der Waals surface area contributed by atoms with Crippen LogP contribution in [0.15, 0.2) is 0 Å². The summed E-state index contributed by atoms with van der Waals surface area (Å²) < 4.78 is 5.54. The zero-order chi connectivity index (χ0) is 11.1. The van der Waals surface area contributed by atoms with Crippen LogP contribution in [0.2, 0.25) is 0 Å². The van der Waals surface area contributed by atoms with E-state index in [1.165, 1.54) is 32.1 Å². The highest BCUT2D eigenvalue weighted by Gasteiger charge is 2.24. The molecule has 2 nitrogen and oxygen atoms in total. The van der Waals surface area contributed by atoms with E-state index in [4.69, 9.17) is 4.74 Å². The first kappa shape index (κ1) is 12.5. The van der Waals surface area contributed by atoms with Gasteiger partial charge >= 0.3 is 5.97 Å². The summed E-state index contributed by atoms with van der Waals surface area (Å²) in [4.78, 5) is 11.4. The lowest BCUT2D eigenvalue weighted by Crippen LogP contribution is -2.28. The Kier molecular flexibility index (Phi) is 5.74. The second-order valence-electron chi connectivity index (χ2n) is 4.58. The quantitative estimate of drug-likeness (QED) is 0.650. The van der Waals surface area contributed by atoms with E-state index < -0.39 is 0 Å². The predicted octanol–water partition coefficient (Wildman–Crippen LogP) is 3.69. The molecule has 0 radical (unpaired) electrons. The number of rotatable bonds is 5. The molecule has 88 valence electrons. The Bertz CT molecular complexity index is 183. The van der Waals surface area contributed by atoms with Crippen LogP contribution in [0.25, 0.3) is 0 Å². The molecule has 2 heteroatoms. The van der Waals surface area contributed by atoms with E-state index in [1.54, 1.807) is 0 Å². The van der Waals surface area contributed by atoms with Crippen molar-refractivity contribution in [1.29, 1.82) is 0 Å². The highest BCUT2D eigenvalue weighted by atomic mass is 16.5. The summed E-state index contributed by atoms with van der Waals surface area (Å²) >= 11 is 0. The minimum atomic E-state index is -0.00470. The van der Waals surface area contributed by atoms with Gasteiger partial charge in [-0.2, -0.15) is 0 Å². The van der Waals surface area contributed by atoms with E-state index in [-0.39, 0.29) is 12.1 Å². The Morgan fingerprint density at radius 2 is 1.93 bits per heavy atom. The SMILES string of the molecule is CCCC(=O)O[C@H](CC)C1CCCCC1. The number of carbonyl (C=O) groups excluding carboxylic acids is 1. The molecule has 0 N–H and O–H groups in total. The Hall–Kier alpha value is -0.530. The van der Waals surface area contributed by atoms with Gasteiger partial charge in [-0.15, -0.1) is 0 Å². The van der Waals surface area contributed by atoms with Crippen molar-refractivity contribution in [2.24, 2.45) is 5.92 Å².